The first-order valence-electron chi connectivity index (χ1n) is 5.84. The highest BCUT2D eigenvalue weighted by Gasteiger charge is 2.17. The Hall–Kier alpha value is -1.62. The summed E-state index contributed by atoms with van der Waals surface area (Å²) in [6.07, 6.45) is 3.45. The third-order valence-corrected chi connectivity index (χ3v) is 2.97. The molecule has 17 heavy (non-hydrogen) atoms. The normalized spacial score (nSPS) is 16.8. The summed E-state index contributed by atoms with van der Waals surface area (Å²) in [7, 11) is 0. The molecular formula is C12H17N3O2. The molecule has 1 aliphatic rings. The molecule has 0 unspecified atom stereocenters. The van der Waals surface area contributed by atoms with Crippen molar-refractivity contribution >= 4 is 11.7 Å². The van der Waals surface area contributed by atoms with E-state index in [9.17, 15) is 4.79 Å². The number of hydrogen-bond donors (Lipinski definition) is 3. The molecule has 0 radical (unpaired) electrons. The molecule has 2 rings (SSSR count). The zero-order valence-electron chi connectivity index (χ0n) is 9.86. The minimum atomic E-state index is -0.936. The molecular weight excluding hydrogens is 218 g/mol. The molecule has 5 nitrogen and oxygen atoms in total. The van der Waals surface area contributed by atoms with Gasteiger partial charge in [-0.05, 0) is 38.9 Å². The van der Waals surface area contributed by atoms with Crippen LogP contribution in [-0.2, 0) is 0 Å². The molecule has 3 N–H and O–H groups in total. The second kappa shape index (κ2) is 5.14. The average Bonchev–Trinajstić information content (AvgIpc) is 2.30. The number of anilines is 1. The molecule has 0 aliphatic carbocycles. The summed E-state index contributed by atoms with van der Waals surface area (Å²) in [4.78, 5) is 15.1. The number of aromatic carboxylic acids is 1. The number of rotatable bonds is 3. The fourth-order valence-corrected chi connectivity index (χ4v) is 2.04. The van der Waals surface area contributed by atoms with Crippen LogP contribution in [0.4, 0.5) is 5.69 Å². The number of nitrogens with one attached hydrogen (secondary N) is 2. The first-order chi connectivity index (χ1) is 8.16. The van der Waals surface area contributed by atoms with E-state index in [1.165, 1.54) is 6.20 Å². The molecule has 0 spiro atoms. The van der Waals surface area contributed by atoms with Crippen LogP contribution in [0.1, 0.15) is 28.9 Å². The maximum absolute atomic E-state index is 11.1. The van der Waals surface area contributed by atoms with E-state index in [0.717, 1.165) is 31.6 Å². The Bertz CT molecular complexity index is 414. The van der Waals surface area contributed by atoms with Gasteiger partial charge in [0.1, 0.15) is 5.56 Å². The number of carboxylic acid groups (broad SMARTS) is 1. The zero-order valence-corrected chi connectivity index (χ0v) is 9.86. The summed E-state index contributed by atoms with van der Waals surface area (Å²) in [6.45, 7) is 3.81. The number of aromatic nitrogens is 1. The van der Waals surface area contributed by atoms with Gasteiger partial charge in [0.25, 0.3) is 0 Å². The van der Waals surface area contributed by atoms with Crippen molar-refractivity contribution in [2.24, 2.45) is 0 Å². The van der Waals surface area contributed by atoms with Gasteiger partial charge in [-0.25, -0.2) is 4.79 Å². The van der Waals surface area contributed by atoms with Gasteiger partial charge in [0, 0.05) is 17.9 Å². The van der Waals surface area contributed by atoms with Crippen LogP contribution in [0.2, 0.25) is 0 Å². The van der Waals surface area contributed by atoms with E-state index in [0.29, 0.717) is 11.7 Å². The van der Waals surface area contributed by atoms with Gasteiger partial charge < -0.3 is 15.7 Å². The van der Waals surface area contributed by atoms with E-state index in [-0.39, 0.29) is 5.56 Å². The van der Waals surface area contributed by atoms with Crippen molar-refractivity contribution < 1.29 is 9.90 Å². The lowest BCUT2D eigenvalue weighted by Gasteiger charge is -2.25. The van der Waals surface area contributed by atoms with E-state index in [1.54, 1.807) is 6.07 Å². The van der Waals surface area contributed by atoms with Gasteiger partial charge in [-0.15, -0.1) is 0 Å². The van der Waals surface area contributed by atoms with Crippen LogP contribution in [0.3, 0.4) is 0 Å². The quantitative estimate of drug-likeness (QED) is 0.735. The summed E-state index contributed by atoms with van der Waals surface area (Å²) in [5.41, 5.74) is 1.75. The molecule has 0 aromatic carbocycles. The van der Waals surface area contributed by atoms with E-state index in [1.807, 2.05) is 6.92 Å². The highest BCUT2D eigenvalue weighted by molar-refractivity contribution is 5.93. The lowest BCUT2D eigenvalue weighted by atomic mass is 10.1. The fourth-order valence-electron chi connectivity index (χ4n) is 2.04. The number of pyridine rings is 1. The lowest BCUT2D eigenvalue weighted by molar-refractivity contribution is 0.0697. The van der Waals surface area contributed by atoms with Crippen LogP contribution < -0.4 is 10.6 Å². The second-order valence-corrected chi connectivity index (χ2v) is 4.35. The van der Waals surface area contributed by atoms with Gasteiger partial charge in [0.2, 0.25) is 0 Å². The number of carbonyl (C=O) groups is 1. The van der Waals surface area contributed by atoms with Crippen LogP contribution in [0.5, 0.6) is 0 Å². The van der Waals surface area contributed by atoms with Crippen molar-refractivity contribution in [3.05, 3.63) is 23.5 Å². The molecule has 0 bridgehead atoms. The van der Waals surface area contributed by atoms with Gasteiger partial charge in [0.15, 0.2) is 0 Å². The Balaban J connectivity index is 2.17. The predicted molar refractivity (Wildman–Crippen MR) is 65.4 cm³/mol. The summed E-state index contributed by atoms with van der Waals surface area (Å²) in [5.74, 6) is -0.936. The first-order valence-corrected chi connectivity index (χ1v) is 5.84. The van der Waals surface area contributed by atoms with Crippen molar-refractivity contribution in [2.45, 2.75) is 25.8 Å². The highest BCUT2D eigenvalue weighted by Crippen LogP contribution is 2.19. The molecule has 92 valence electrons. The van der Waals surface area contributed by atoms with Crippen LogP contribution in [0, 0.1) is 6.92 Å². The summed E-state index contributed by atoms with van der Waals surface area (Å²) < 4.78 is 0. The monoisotopic (exact) mass is 235 g/mol. The first kappa shape index (κ1) is 11.9. The second-order valence-electron chi connectivity index (χ2n) is 4.35. The topological polar surface area (TPSA) is 74.2 Å². The molecule has 1 saturated heterocycles. The maximum Gasteiger partial charge on any atom is 0.339 e. The molecule has 5 heteroatoms. The van der Waals surface area contributed by atoms with Gasteiger partial charge >= 0.3 is 5.97 Å². The summed E-state index contributed by atoms with van der Waals surface area (Å²) >= 11 is 0. The minimum absolute atomic E-state index is 0.245. The Morgan fingerprint density at radius 1 is 1.53 bits per heavy atom. The molecule has 1 aromatic heterocycles. The van der Waals surface area contributed by atoms with Crippen molar-refractivity contribution in [2.75, 3.05) is 18.4 Å². The van der Waals surface area contributed by atoms with Crippen molar-refractivity contribution in [1.82, 2.24) is 10.3 Å². The summed E-state index contributed by atoms with van der Waals surface area (Å²) in [6, 6.07) is 2.14. The van der Waals surface area contributed by atoms with Crippen molar-refractivity contribution in [1.29, 1.82) is 0 Å². The lowest BCUT2D eigenvalue weighted by Crippen LogP contribution is -2.35. The van der Waals surface area contributed by atoms with E-state index in [4.69, 9.17) is 5.11 Å². The standard InChI is InChI=1S/C12H17N3O2/c1-8-6-11(10(7-14-8)12(16)17)15-9-2-4-13-5-3-9/h6-7,9,13H,2-5H2,1H3,(H,14,15)(H,16,17). The van der Waals surface area contributed by atoms with Crippen molar-refractivity contribution in [3.8, 4) is 0 Å². The molecule has 0 saturated carbocycles. The number of hydrogen-bond acceptors (Lipinski definition) is 4. The van der Waals surface area contributed by atoms with Crippen LogP contribution in [0.25, 0.3) is 0 Å². The van der Waals surface area contributed by atoms with Crippen LogP contribution >= 0.6 is 0 Å². The zero-order chi connectivity index (χ0) is 12.3. The number of piperidine rings is 1. The molecule has 1 aromatic rings. The largest absolute Gasteiger partial charge is 0.478 e. The molecule has 1 fully saturated rings. The van der Waals surface area contributed by atoms with Crippen LogP contribution in [-0.4, -0.2) is 35.2 Å². The summed E-state index contributed by atoms with van der Waals surface area (Å²) in [5, 5.41) is 15.7. The van der Waals surface area contributed by atoms with E-state index >= 15 is 0 Å². The molecule has 0 amide bonds. The molecule has 1 aliphatic heterocycles. The Morgan fingerprint density at radius 3 is 2.88 bits per heavy atom. The van der Waals surface area contributed by atoms with Crippen LogP contribution in [0.15, 0.2) is 12.3 Å². The number of nitrogens with zero attached hydrogens (tertiary/aromatic N) is 1. The minimum Gasteiger partial charge on any atom is -0.478 e. The number of aryl methyl sites for hydroxylation is 1. The van der Waals surface area contributed by atoms with Crippen molar-refractivity contribution in [3.63, 3.8) is 0 Å². The SMILES string of the molecule is Cc1cc(NC2CCNCC2)c(C(=O)O)cn1. The predicted octanol–water partition coefficient (Wildman–Crippen LogP) is 1.25. The fraction of sp³-hybridized carbons (Fsp3) is 0.500. The number of carboxylic acids is 1. The smallest absolute Gasteiger partial charge is 0.339 e. The highest BCUT2D eigenvalue weighted by atomic mass is 16.4. The Labute approximate surface area is 100 Å². The third kappa shape index (κ3) is 2.94. The third-order valence-electron chi connectivity index (χ3n) is 2.97. The Kier molecular flexibility index (Phi) is 3.58. The van der Waals surface area contributed by atoms with Gasteiger partial charge in [-0.2, -0.15) is 0 Å². The van der Waals surface area contributed by atoms with Gasteiger partial charge in [-0.1, -0.05) is 0 Å². The van der Waals surface area contributed by atoms with E-state index in [2.05, 4.69) is 15.6 Å². The van der Waals surface area contributed by atoms with Gasteiger partial charge in [-0.3, -0.25) is 4.98 Å². The molecule has 2 heterocycles. The molecule has 0 atom stereocenters. The average molecular weight is 235 g/mol. The maximum atomic E-state index is 11.1. The van der Waals surface area contributed by atoms with E-state index < -0.39 is 5.97 Å². The Morgan fingerprint density at radius 2 is 2.24 bits per heavy atom. The van der Waals surface area contributed by atoms with Gasteiger partial charge in [0.05, 0.1) is 5.69 Å².